The topological polar surface area (TPSA) is 269 Å². The second-order valence-corrected chi connectivity index (χ2v) is 12.1. The number of aliphatic hydroxyl groups excluding tert-OH is 1. The molecule has 0 saturated carbocycles. The lowest BCUT2D eigenvalue weighted by molar-refractivity contribution is -0.0614. The van der Waals surface area contributed by atoms with Crippen molar-refractivity contribution in [1.82, 2.24) is 39.0 Å². The lowest BCUT2D eigenvalue weighted by Crippen LogP contribution is -2.35. The van der Waals surface area contributed by atoms with Crippen LogP contribution in [0.5, 0.6) is 0 Å². The molecule has 7 heterocycles. The van der Waals surface area contributed by atoms with Gasteiger partial charge >= 0.3 is 16.1 Å². The first kappa shape index (κ1) is 28.5. The van der Waals surface area contributed by atoms with Crippen LogP contribution in [0.3, 0.4) is 0 Å². The first-order chi connectivity index (χ1) is 20.6. The standard InChI is InChI=1S/C20H23FN10O10P2/c21-9-13-8(39-19(9)30-5-28-10-15(22)24-3-26-17(10)30)1-36-42(33)40-14-12(32)7(2-37-43(34,35)41-13)38-20(14)31-6-29-11-16(23)25-4-27-18(11)31/h3-9,12-14,19-20,32,42H,1-2H2,(H,34,35)(H2,22,24,26)(H2,23,25,27)/t7-,8-,9?,12?,13?,14?,19-,20-/m1/s1. The predicted octanol–water partition coefficient (Wildman–Crippen LogP) is -0.368. The minimum atomic E-state index is -5.02. The van der Waals surface area contributed by atoms with E-state index in [1.165, 1.54) is 28.1 Å². The molecular weight excluding hydrogens is 621 g/mol. The molecule has 230 valence electrons. The van der Waals surface area contributed by atoms with E-state index < -0.39 is 78.4 Å². The van der Waals surface area contributed by atoms with Gasteiger partial charge in [0, 0.05) is 0 Å². The van der Waals surface area contributed by atoms with E-state index in [-0.39, 0.29) is 34.0 Å². The zero-order valence-corrected chi connectivity index (χ0v) is 23.5. The number of rotatable bonds is 2. The van der Waals surface area contributed by atoms with E-state index in [0.717, 1.165) is 6.33 Å². The van der Waals surface area contributed by atoms with Crippen molar-refractivity contribution in [2.75, 3.05) is 24.7 Å². The Kier molecular flexibility index (Phi) is 7.13. The van der Waals surface area contributed by atoms with Crippen molar-refractivity contribution < 1.29 is 51.1 Å². The van der Waals surface area contributed by atoms with Gasteiger partial charge in [-0.1, -0.05) is 0 Å². The van der Waals surface area contributed by atoms with Gasteiger partial charge in [-0.3, -0.25) is 27.3 Å². The average molecular weight is 644 g/mol. The number of nitrogens with two attached hydrogens (primary N) is 2. The lowest BCUT2D eigenvalue weighted by atomic mass is 10.1. The van der Waals surface area contributed by atoms with Crippen molar-refractivity contribution >= 4 is 50.0 Å². The molecule has 0 radical (unpaired) electrons. The van der Waals surface area contributed by atoms with Crippen LogP contribution < -0.4 is 11.5 Å². The number of fused-ring (bicyclic) bond motifs is 5. The van der Waals surface area contributed by atoms with Gasteiger partial charge in [-0.15, -0.1) is 0 Å². The van der Waals surface area contributed by atoms with Crippen molar-refractivity contribution in [2.45, 2.75) is 49.1 Å². The molecule has 4 aromatic heterocycles. The van der Waals surface area contributed by atoms with Crippen molar-refractivity contribution in [2.24, 2.45) is 0 Å². The number of halogens is 1. The van der Waals surface area contributed by atoms with Crippen molar-refractivity contribution in [3.63, 3.8) is 0 Å². The van der Waals surface area contributed by atoms with Gasteiger partial charge in [-0.05, 0) is 0 Å². The van der Waals surface area contributed by atoms with Gasteiger partial charge in [0.15, 0.2) is 41.6 Å². The maximum atomic E-state index is 15.8. The van der Waals surface area contributed by atoms with Gasteiger partial charge in [0.05, 0.1) is 25.9 Å². The zero-order valence-electron chi connectivity index (χ0n) is 21.6. The van der Waals surface area contributed by atoms with E-state index in [4.69, 9.17) is 39.0 Å². The molecule has 2 bridgehead atoms. The third-order valence-corrected chi connectivity index (χ3v) is 9.01. The van der Waals surface area contributed by atoms with Crippen LogP contribution in [0.1, 0.15) is 12.5 Å². The quantitative estimate of drug-likeness (QED) is 0.203. The van der Waals surface area contributed by atoms with E-state index >= 15 is 4.39 Å². The summed E-state index contributed by atoms with van der Waals surface area (Å²) in [6.45, 7) is -1.32. The highest BCUT2D eigenvalue weighted by molar-refractivity contribution is 7.47. The summed E-state index contributed by atoms with van der Waals surface area (Å²) < 4.78 is 77.3. The molecule has 6 unspecified atom stereocenters. The van der Waals surface area contributed by atoms with E-state index in [0.29, 0.717) is 0 Å². The summed E-state index contributed by atoms with van der Waals surface area (Å²) >= 11 is 0. The molecule has 3 aliphatic heterocycles. The summed E-state index contributed by atoms with van der Waals surface area (Å²) in [7, 11) is -8.46. The Morgan fingerprint density at radius 2 is 1.51 bits per heavy atom. The molecule has 0 amide bonds. The van der Waals surface area contributed by atoms with E-state index in [9.17, 15) is 19.1 Å². The van der Waals surface area contributed by atoms with Crippen LogP contribution in [-0.4, -0.2) is 98.9 Å². The van der Waals surface area contributed by atoms with E-state index in [1.807, 2.05) is 0 Å². The summed E-state index contributed by atoms with van der Waals surface area (Å²) in [6.07, 6.45) is -7.27. The Morgan fingerprint density at radius 1 is 0.907 bits per heavy atom. The molecule has 43 heavy (non-hydrogen) atoms. The van der Waals surface area contributed by atoms with Crippen LogP contribution in [0.25, 0.3) is 22.3 Å². The first-order valence-electron chi connectivity index (χ1n) is 12.6. The van der Waals surface area contributed by atoms with Crippen LogP contribution >= 0.6 is 16.1 Å². The SMILES string of the molecule is Nc1ncnc2c1ncn2[C@@H]1O[C@@H]2CO[PH](=O)OC3C(O)[C@@H](COP(=O)(O)OC2C1F)O[C@H]3n1cnc2c(N)ncnc21. The van der Waals surface area contributed by atoms with Crippen LogP contribution in [0.2, 0.25) is 0 Å². The van der Waals surface area contributed by atoms with Crippen LogP contribution in [-0.2, 0) is 36.7 Å². The van der Waals surface area contributed by atoms with Gasteiger partial charge < -0.3 is 35.5 Å². The molecule has 4 aromatic rings. The molecule has 0 spiro atoms. The summed E-state index contributed by atoms with van der Waals surface area (Å²) in [5, 5.41) is 11.0. The number of phosphoric ester groups is 1. The number of aliphatic hydroxyl groups is 1. The fraction of sp³-hybridized carbons (Fsp3) is 0.500. The van der Waals surface area contributed by atoms with Crippen LogP contribution in [0, 0.1) is 0 Å². The van der Waals surface area contributed by atoms with Crippen molar-refractivity contribution in [3.05, 3.63) is 25.3 Å². The van der Waals surface area contributed by atoms with E-state index in [1.54, 1.807) is 0 Å². The van der Waals surface area contributed by atoms with Gasteiger partial charge in [0.1, 0.15) is 54.2 Å². The molecule has 20 nitrogen and oxygen atoms in total. The Balaban J connectivity index is 1.18. The van der Waals surface area contributed by atoms with Gasteiger partial charge in [-0.2, -0.15) is 0 Å². The van der Waals surface area contributed by atoms with Gasteiger partial charge in [0.2, 0.25) is 0 Å². The number of ether oxygens (including phenoxy) is 2. The van der Waals surface area contributed by atoms with Crippen LogP contribution in [0.15, 0.2) is 25.3 Å². The molecule has 3 saturated heterocycles. The van der Waals surface area contributed by atoms with Crippen LogP contribution in [0.4, 0.5) is 16.0 Å². The molecular formula is C20H23FN10O10P2. The molecule has 3 fully saturated rings. The van der Waals surface area contributed by atoms with E-state index in [2.05, 4.69) is 29.9 Å². The smallest absolute Gasteiger partial charge is 0.387 e. The number of anilines is 2. The molecule has 3 aliphatic rings. The number of nitrogens with zero attached hydrogens (tertiary/aromatic N) is 8. The number of aromatic nitrogens is 8. The zero-order chi connectivity index (χ0) is 30.0. The average Bonchev–Trinajstić information content (AvgIpc) is 3.73. The highest BCUT2D eigenvalue weighted by Crippen LogP contribution is 2.51. The number of alkyl halides is 1. The van der Waals surface area contributed by atoms with Crippen molar-refractivity contribution in [3.8, 4) is 0 Å². The minimum Gasteiger partial charge on any atom is -0.387 e. The molecule has 7 rings (SSSR count). The summed E-state index contributed by atoms with van der Waals surface area (Å²) in [5.74, 6) is 0.118. The number of nitrogen functional groups attached to an aromatic ring is 2. The Morgan fingerprint density at radius 3 is 2.16 bits per heavy atom. The molecule has 0 aromatic carbocycles. The summed E-state index contributed by atoms with van der Waals surface area (Å²) in [4.78, 5) is 34.7. The highest BCUT2D eigenvalue weighted by Gasteiger charge is 2.53. The fourth-order valence-electron chi connectivity index (χ4n) is 5.14. The number of hydrogen-bond acceptors (Lipinski definition) is 17. The summed E-state index contributed by atoms with van der Waals surface area (Å²) in [6, 6.07) is 0. The summed E-state index contributed by atoms with van der Waals surface area (Å²) in [5.41, 5.74) is 12.4. The molecule has 6 N–H and O–H groups in total. The molecule has 23 heteroatoms. The Labute approximate surface area is 239 Å². The second kappa shape index (κ2) is 10.7. The fourth-order valence-corrected chi connectivity index (χ4v) is 6.95. The largest absolute Gasteiger partial charge is 0.472 e. The second-order valence-electron chi connectivity index (χ2n) is 9.71. The maximum Gasteiger partial charge on any atom is 0.472 e. The number of hydrogen-bond donors (Lipinski definition) is 4. The third-order valence-electron chi connectivity index (χ3n) is 7.16. The minimum absolute atomic E-state index is 0.0419. The Bertz CT molecular complexity index is 1760. The number of phosphoric acid groups is 1. The number of imidazole rings is 2. The lowest BCUT2D eigenvalue weighted by Gasteiger charge is -2.24. The molecule has 0 aliphatic carbocycles. The maximum absolute atomic E-state index is 15.8. The first-order valence-corrected chi connectivity index (χ1v) is 15.3. The predicted molar refractivity (Wildman–Crippen MR) is 139 cm³/mol. The molecule has 10 atom stereocenters. The van der Waals surface area contributed by atoms with Gasteiger partial charge in [-0.25, -0.2) is 38.9 Å². The Hall–Kier alpha value is -3.23. The van der Waals surface area contributed by atoms with Crippen molar-refractivity contribution in [1.29, 1.82) is 0 Å². The van der Waals surface area contributed by atoms with Gasteiger partial charge in [0.25, 0.3) is 0 Å². The highest BCUT2D eigenvalue weighted by atomic mass is 31.2. The third kappa shape index (κ3) is 4.96. The normalized spacial score (nSPS) is 37.1. The monoisotopic (exact) mass is 644 g/mol.